The van der Waals surface area contributed by atoms with Crippen molar-refractivity contribution in [3.05, 3.63) is 60.4 Å². The van der Waals surface area contributed by atoms with Crippen molar-refractivity contribution in [1.29, 1.82) is 0 Å². The first-order valence-electron chi connectivity index (χ1n) is 10.8. The number of nitrogens with one attached hydrogen (secondary N) is 1. The van der Waals surface area contributed by atoms with Crippen molar-refractivity contribution in [2.45, 2.75) is 31.1 Å². The van der Waals surface area contributed by atoms with Crippen molar-refractivity contribution in [2.24, 2.45) is 0 Å². The number of piperidine rings is 1. The number of alkyl halides is 3. The van der Waals surface area contributed by atoms with Gasteiger partial charge in [0.2, 0.25) is 11.8 Å². The summed E-state index contributed by atoms with van der Waals surface area (Å²) in [6.45, 7) is 0.447. The van der Waals surface area contributed by atoms with Gasteiger partial charge >= 0.3 is 6.18 Å². The SMILES string of the molecule is O=C(CN1CN(c2cccnc2)C2(CCN(Cc3ccccc3)CC2)C1=O)NCC(F)(F)F. The maximum absolute atomic E-state index is 13.5. The van der Waals surface area contributed by atoms with E-state index in [9.17, 15) is 22.8 Å². The van der Waals surface area contributed by atoms with E-state index in [4.69, 9.17) is 0 Å². The maximum Gasteiger partial charge on any atom is 0.405 e. The quantitative estimate of drug-likeness (QED) is 0.716. The summed E-state index contributed by atoms with van der Waals surface area (Å²) in [6, 6.07) is 13.7. The predicted octanol–water partition coefficient (Wildman–Crippen LogP) is 2.40. The average molecular weight is 461 g/mol. The molecular formula is C23H26F3N5O2. The van der Waals surface area contributed by atoms with Crippen LogP contribution in [0.3, 0.4) is 0 Å². The second-order valence-electron chi connectivity index (χ2n) is 8.47. The molecule has 0 unspecified atom stereocenters. The highest BCUT2D eigenvalue weighted by Gasteiger charge is 2.54. The van der Waals surface area contributed by atoms with E-state index in [1.807, 2.05) is 34.5 Å². The number of aromatic nitrogens is 1. The monoisotopic (exact) mass is 461 g/mol. The van der Waals surface area contributed by atoms with Crippen LogP contribution in [0.25, 0.3) is 0 Å². The molecule has 2 amide bonds. The van der Waals surface area contributed by atoms with Crippen LogP contribution in [0.4, 0.5) is 18.9 Å². The Labute approximate surface area is 190 Å². The van der Waals surface area contributed by atoms with Gasteiger partial charge in [-0.25, -0.2) is 0 Å². The molecule has 1 spiro atoms. The van der Waals surface area contributed by atoms with Crippen molar-refractivity contribution < 1.29 is 22.8 Å². The van der Waals surface area contributed by atoms with Gasteiger partial charge in [-0.2, -0.15) is 13.2 Å². The Morgan fingerprint density at radius 3 is 2.45 bits per heavy atom. The number of hydrogen-bond acceptors (Lipinski definition) is 5. The summed E-state index contributed by atoms with van der Waals surface area (Å²) in [7, 11) is 0. The van der Waals surface area contributed by atoms with Crippen LogP contribution in [0.15, 0.2) is 54.9 Å². The molecule has 33 heavy (non-hydrogen) atoms. The lowest BCUT2D eigenvalue weighted by molar-refractivity contribution is -0.142. The number of carbonyl (C=O) groups excluding carboxylic acids is 2. The topological polar surface area (TPSA) is 68.8 Å². The Kier molecular flexibility index (Phi) is 6.55. The Balaban J connectivity index is 1.48. The fourth-order valence-corrected chi connectivity index (χ4v) is 4.58. The molecule has 1 aromatic heterocycles. The second kappa shape index (κ2) is 9.38. The number of halogens is 3. The Bertz CT molecular complexity index is 963. The fourth-order valence-electron chi connectivity index (χ4n) is 4.58. The minimum atomic E-state index is -4.50. The van der Waals surface area contributed by atoms with E-state index in [0.717, 1.165) is 12.2 Å². The van der Waals surface area contributed by atoms with Gasteiger partial charge in [-0.15, -0.1) is 0 Å². The van der Waals surface area contributed by atoms with Gasteiger partial charge in [0.25, 0.3) is 0 Å². The van der Waals surface area contributed by atoms with Gasteiger partial charge in [0, 0.05) is 25.8 Å². The first-order chi connectivity index (χ1) is 15.8. The van der Waals surface area contributed by atoms with Crippen LogP contribution < -0.4 is 10.2 Å². The van der Waals surface area contributed by atoms with Crippen LogP contribution in [0.5, 0.6) is 0 Å². The van der Waals surface area contributed by atoms with E-state index in [-0.39, 0.29) is 12.6 Å². The van der Waals surface area contributed by atoms with E-state index in [0.29, 0.717) is 25.9 Å². The van der Waals surface area contributed by atoms with Gasteiger partial charge < -0.3 is 15.1 Å². The third-order valence-corrected chi connectivity index (χ3v) is 6.22. The molecule has 2 aromatic rings. The van der Waals surface area contributed by atoms with Crippen LogP contribution in [0, 0.1) is 0 Å². The van der Waals surface area contributed by atoms with Crippen molar-refractivity contribution in [3.8, 4) is 0 Å². The number of carbonyl (C=O) groups is 2. The molecule has 3 heterocycles. The highest BCUT2D eigenvalue weighted by atomic mass is 19.4. The Morgan fingerprint density at radius 1 is 1.09 bits per heavy atom. The predicted molar refractivity (Wildman–Crippen MR) is 116 cm³/mol. The number of pyridine rings is 1. The summed E-state index contributed by atoms with van der Waals surface area (Å²) in [5.41, 5.74) is 1.10. The summed E-state index contributed by atoms with van der Waals surface area (Å²) in [5.74, 6) is -1.06. The smallest absolute Gasteiger partial charge is 0.345 e. The second-order valence-corrected chi connectivity index (χ2v) is 8.47. The van der Waals surface area contributed by atoms with E-state index < -0.39 is 30.7 Å². The molecule has 1 N–H and O–H groups in total. The summed E-state index contributed by atoms with van der Waals surface area (Å²) >= 11 is 0. The summed E-state index contributed by atoms with van der Waals surface area (Å²) in [4.78, 5) is 35.4. The van der Waals surface area contributed by atoms with E-state index in [1.165, 1.54) is 10.5 Å². The van der Waals surface area contributed by atoms with Crippen molar-refractivity contribution >= 4 is 17.5 Å². The van der Waals surface area contributed by atoms with Crippen LogP contribution in [-0.4, -0.2) is 71.2 Å². The molecule has 0 atom stereocenters. The van der Waals surface area contributed by atoms with Gasteiger partial charge in [0.05, 0.1) is 18.6 Å². The zero-order valence-electron chi connectivity index (χ0n) is 18.1. The largest absolute Gasteiger partial charge is 0.405 e. The lowest BCUT2D eigenvalue weighted by Gasteiger charge is -2.43. The van der Waals surface area contributed by atoms with Gasteiger partial charge in [-0.1, -0.05) is 30.3 Å². The normalized spacial score (nSPS) is 18.7. The Hall–Kier alpha value is -3.14. The molecule has 0 radical (unpaired) electrons. The van der Waals surface area contributed by atoms with Crippen LogP contribution in [0.1, 0.15) is 18.4 Å². The number of anilines is 1. The average Bonchev–Trinajstić information content (AvgIpc) is 3.06. The third kappa shape index (κ3) is 5.27. The molecule has 176 valence electrons. The first-order valence-corrected chi connectivity index (χ1v) is 10.8. The van der Waals surface area contributed by atoms with Gasteiger partial charge in [-0.05, 0) is 30.5 Å². The van der Waals surface area contributed by atoms with Crippen molar-refractivity contribution in [3.63, 3.8) is 0 Å². The number of hydrogen-bond donors (Lipinski definition) is 1. The number of benzene rings is 1. The molecular weight excluding hydrogens is 435 g/mol. The van der Waals surface area contributed by atoms with E-state index >= 15 is 0 Å². The summed E-state index contributed by atoms with van der Waals surface area (Å²) in [5, 5.41) is 1.85. The molecule has 4 rings (SSSR count). The minimum absolute atomic E-state index is 0.128. The standard InChI is InChI=1S/C23H26F3N5O2/c24-23(25,26)16-28-20(32)15-30-17-31(19-7-4-10-27-13-19)22(21(30)33)8-11-29(12-9-22)14-18-5-2-1-3-6-18/h1-7,10,13H,8-9,11-12,14-17H2,(H,28,32). The number of nitrogens with zero attached hydrogens (tertiary/aromatic N) is 4. The zero-order chi connectivity index (χ0) is 23.5. The lowest BCUT2D eigenvalue weighted by atomic mass is 9.85. The molecule has 2 aliphatic heterocycles. The molecule has 2 fully saturated rings. The van der Waals surface area contributed by atoms with E-state index in [1.54, 1.807) is 18.5 Å². The van der Waals surface area contributed by atoms with Gasteiger partial charge in [0.15, 0.2) is 0 Å². The minimum Gasteiger partial charge on any atom is -0.345 e. The molecule has 10 heteroatoms. The fraction of sp³-hybridized carbons (Fsp3) is 0.435. The zero-order valence-corrected chi connectivity index (χ0v) is 18.1. The first kappa shape index (κ1) is 23.0. The molecule has 1 aromatic carbocycles. The molecule has 2 aliphatic rings. The van der Waals surface area contributed by atoms with E-state index in [2.05, 4.69) is 22.0 Å². The maximum atomic E-state index is 13.5. The Morgan fingerprint density at radius 2 is 1.82 bits per heavy atom. The molecule has 0 aliphatic carbocycles. The number of likely N-dealkylation sites (tertiary alicyclic amines) is 1. The summed E-state index contributed by atoms with van der Waals surface area (Å²) in [6.07, 6.45) is -0.0980. The van der Waals surface area contributed by atoms with Crippen LogP contribution in [0.2, 0.25) is 0 Å². The van der Waals surface area contributed by atoms with Gasteiger partial charge in [-0.3, -0.25) is 19.5 Å². The molecule has 2 saturated heterocycles. The summed E-state index contributed by atoms with van der Waals surface area (Å²) < 4.78 is 37.4. The third-order valence-electron chi connectivity index (χ3n) is 6.22. The van der Waals surface area contributed by atoms with Crippen LogP contribution in [-0.2, 0) is 16.1 Å². The highest BCUT2D eigenvalue weighted by Crippen LogP contribution is 2.39. The number of amides is 2. The van der Waals surface area contributed by atoms with Crippen LogP contribution >= 0.6 is 0 Å². The van der Waals surface area contributed by atoms with Gasteiger partial charge in [0.1, 0.15) is 18.6 Å². The lowest BCUT2D eigenvalue weighted by Crippen LogP contribution is -2.56. The molecule has 0 bridgehead atoms. The van der Waals surface area contributed by atoms with Crippen molar-refractivity contribution in [2.75, 3.05) is 37.7 Å². The molecule has 7 nitrogen and oxygen atoms in total. The number of rotatable bonds is 6. The molecule has 0 saturated carbocycles. The highest BCUT2D eigenvalue weighted by molar-refractivity contribution is 5.96. The van der Waals surface area contributed by atoms with Crippen molar-refractivity contribution in [1.82, 2.24) is 20.1 Å².